The fraction of sp³-hybridized carbons (Fsp3) is 0.923. The van der Waals surface area contributed by atoms with Gasteiger partial charge in [0.2, 0.25) is 5.91 Å². The summed E-state index contributed by atoms with van der Waals surface area (Å²) in [4.78, 5) is 14.0. The number of nitrogens with zero attached hydrogens (tertiary/aromatic N) is 1. The summed E-state index contributed by atoms with van der Waals surface area (Å²) >= 11 is 0. The first-order valence-electron chi connectivity index (χ1n) is 6.79. The van der Waals surface area contributed by atoms with Gasteiger partial charge >= 0.3 is 0 Å². The van der Waals surface area contributed by atoms with E-state index in [1.54, 1.807) is 0 Å². The number of hydrogen-bond acceptors (Lipinski definition) is 3. The van der Waals surface area contributed by atoms with E-state index in [2.05, 4.69) is 6.92 Å². The second-order valence-electron chi connectivity index (χ2n) is 4.89. The Bertz CT molecular complexity index is 233. The topological polar surface area (TPSA) is 55.6 Å². The van der Waals surface area contributed by atoms with Crippen LogP contribution in [-0.2, 0) is 9.53 Å². The fourth-order valence-electron chi connectivity index (χ4n) is 2.15. The lowest BCUT2D eigenvalue weighted by Crippen LogP contribution is -2.38. The lowest BCUT2D eigenvalue weighted by Gasteiger charge is -2.23. The van der Waals surface area contributed by atoms with Crippen LogP contribution in [0.15, 0.2) is 0 Å². The van der Waals surface area contributed by atoms with Crippen molar-refractivity contribution in [1.82, 2.24) is 4.90 Å². The van der Waals surface area contributed by atoms with Gasteiger partial charge in [-0.2, -0.15) is 0 Å². The molecule has 2 atom stereocenters. The van der Waals surface area contributed by atoms with Crippen molar-refractivity contribution in [3.63, 3.8) is 0 Å². The average molecular weight is 242 g/mol. The van der Waals surface area contributed by atoms with Crippen LogP contribution in [0.3, 0.4) is 0 Å². The van der Waals surface area contributed by atoms with E-state index in [1.165, 1.54) is 0 Å². The Kier molecular flexibility index (Phi) is 6.52. The third-order valence-corrected chi connectivity index (χ3v) is 3.32. The van der Waals surface area contributed by atoms with Gasteiger partial charge in [-0.15, -0.1) is 0 Å². The first-order valence-corrected chi connectivity index (χ1v) is 6.79. The van der Waals surface area contributed by atoms with Crippen LogP contribution in [-0.4, -0.2) is 43.2 Å². The molecular weight excluding hydrogens is 216 g/mol. The van der Waals surface area contributed by atoms with Crippen LogP contribution in [0.1, 0.15) is 39.5 Å². The molecule has 0 saturated carbocycles. The Morgan fingerprint density at radius 1 is 1.47 bits per heavy atom. The molecule has 0 aliphatic carbocycles. The summed E-state index contributed by atoms with van der Waals surface area (Å²) in [7, 11) is 0. The quantitative estimate of drug-likeness (QED) is 0.792. The largest absolute Gasteiger partial charge is 0.378 e. The standard InChI is InChI=1S/C13H26N2O2/c1-3-9-17-12-5-4-7-15(8-6-12)13(16)11(2)10-14/h11-12H,3-10,14H2,1-2H3. The summed E-state index contributed by atoms with van der Waals surface area (Å²) in [6.45, 7) is 6.96. The summed E-state index contributed by atoms with van der Waals surface area (Å²) in [5.41, 5.74) is 5.54. The minimum atomic E-state index is -0.0527. The molecule has 0 aromatic rings. The highest BCUT2D eigenvalue weighted by molar-refractivity contribution is 5.78. The van der Waals surface area contributed by atoms with Crippen LogP contribution >= 0.6 is 0 Å². The minimum Gasteiger partial charge on any atom is -0.378 e. The highest BCUT2D eigenvalue weighted by atomic mass is 16.5. The van der Waals surface area contributed by atoms with Crippen LogP contribution in [0.2, 0.25) is 0 Å². The Hall–Kier alpha value is -0.610. The summed E-state index contributed by atoms with van der Waals surface area (Å²) in [5.74, 6) is 0.145. The maximum atomic E-state index is 12.0. The number of rotatable bonds is 5. The smallest absolute Gasteiger partial charge is 0.226 e. The Morgan fingerprint density at radius 2 is 2.24 bits per heavy atom. The van der Waals surface area contributed by atoms with E-state index in [0.29, 0.717) is 12.6 Å². The van der Waals surface area contributed by atoms with Crippen LogP contribution in [0.5, 0.6) is 0 Å². The molecule has 1 saturated heterocycles. The normalized spacial score (nSPS) is 23.2. The highest BCUT2D eigenvalue weighted by Crippen LogP contribution is 2.16. The summed E-state index contributed by atoms with van der Waals surface area (Å²) in [6, 6.07) is 0. The van der Waals surface area contributed by atoms with Gasteiger partial charge in [0.15, 0.2) is 0 Å². The van der Waals surface area contributed by atoms with Gasteiger partial charge in [-0.3, -0.25) is 4.79 Å². The van der Waals surface area contributed by atoms with Crippen LogP contribution in [0, 0.1) is 5.92 Å². The van der Waals surface area contributed by atoms with Crippen molar-refractivity contribution in [3.05, 3.63) is 0 Å². The van der Waals surface area contributed by atoms with Crippen molar-refractivity contribution in [3.8, 4) is 0 Å². The number of carbonyl (C=O) groups excluding carboxylic acids is 1. The zero-order valence-electron chi connectivity index (χ0n) is 11.2. The van der Waals surface area contributed by atoms with Gasteiger partial charge in [-0.05, 0) is 25.7 Å². The molecule has 0 spiro atoms. The van der Waals surface area contributed by atoms with Crippen molar-refractivity contribution in [2.45, 2.75) is 45.6 Å². The molecule has 100 valence electrons. The second kappa shape index (κ2) is 7.67. The van der Waals surface area contributed by atoms with Gasteiger partial charge in [-0.25, -0.2) is 0 Å². The lowest BCUT2D eigenvalue weighted by atomic mass is 10.1. The molecule has 1 heterocycles. The molecule has 1 aliphatic rings. The molecule has 0 bridgehead atoms. The van der Waals surface area contributed by atoms with E-state index in [-0.39, 0.29) is 11.8 Å². The molecular formula is C13H26N2O2. The molecule has 4 nitrogen and oxygen atoms in total. The van der Waals surface area contributed by atoms with Gasteiger partial charge in [0.1, 0.15) is 0 Å². The molecule has 4 heteroatoms. The first kappa shape index (κ1) is 14.5. The molecule has 1 aliphatic heterocycles. The van der Waals surface area contributed by atoms with Crippen molar-refractivity contribution in [1.29, 1.82) is 0 Å². The molecule has 2 N–H and O–H groups in total. The van der Waals surface area contributed by atoms with Crippen molar-refractivity contribution in [2.24, 2.45) is 11.7 Å². The maximum absolute atomic E-state index is 12.0. The molecule has 17 heavy (non-hydrogen) atoms. The number of carbonyl (C=O) groups is 1. The van der Waals surface area contributed by atoms with Crippen LogP contribution in [0.4, 0.5) is 0 Å². The van der Waals surface area contributed by atoms with E-state index < -0.39 is 0 Å². The molecule has 2 unspecified atom stereocenters. The van der Waals surface area contributed by atoms with Gasteiger partial charge in [0.05, 0.1) is 6.10 Å². The molecule has 0 aromatic heterocycles. The van der Waals surface area contributed by atoms with Gasteiger partial charge in [-0.1, -0.05) is 13.8 Å². The maximum Gasteiger partial charge on any atom is 0.226 e. The van der Waals surface area contributed by atoms with E-state index in [0.717, 1.165) is 45.4 Å². The molecule has 0 radical (unpaired) electrons. The van der Waals surface area contributed by atoms with Gasteiger partial charge in [0.25, 0.3) is 0 Å². The Labute approximate surface area is 104 Å². The SMILES string of the molecule is CCCOC1CCCN(C(=O)C(C)CN)CC1. The van der Waals surface area contributed by atoms with Gasteiger partial charge in [0, 0.05) is 32.2 Å². The van der Waals surface area contributed by atoms with Crippen molar-refractivity contribution >= 4 is 5.91 Å². The van der Waals surface area contributed by atoms with E-state index in [1.807, 2.05) is 11.8 Å². The zero-order valence-corrected chi connectivity index (χ0v) is 11.2. The molecule has 0 aromatic carbocycles. The van der Waals surface area contributed by atoms with Crippen LogP contribution in [0.25, 0.3) is 0 Å². The summed E-state index contributed by atoms with van der Waals surface area (Å²) < 4.78 is 5.76. The predicted octanol–water partition coefficient (Wildman–Crippen LogP) is 1.39. The average Bonchev–Trinajstić information content (AvgIpc) is 2.59. The lowest BCUT2D eigenvalue weighted by molar-refractivity contribution is -0.134. The molecule has 1 amide bonds. The van der Waals surface area contributed by atoms with Crippen molar-refractivity contribution < 1.29 is 9.53 Å². The monoisotopic (exact) mass is 242 g/mol. The highest BCUT2D eigenvalue weighted by Gasteiger charge is 2.23. The van der Waals surface area contributed by atoms with E-state index in [9.17, 15) is 4.79 Å². The summed E-state index contributed by atoms with van der Waals surface area (Å²) in [6.07, 6.45) is 4.46. The van der Waals surface area contributed by atoms with Crippen molar-refractivity contribution in [2.75, 3.05) is 26.2 Å². The predicted molar refractivity (Wildman–Crippen MR) is 68.7 cm³/mol. The third kappa shape index (κ3) is 4.64. The number of likely N-dealkylation sites (tertiary alicyclic amines) is 1. The number of ether oxygens (including phenoxy) is 1. The third-order valence-electron chi connectivity index (χ3n) is 3.32. The number of nitrogens with two attached hydrogens (primary N) is 1. The first-order chi connectivity index (χ1) is 8.19. The zero-order chi connectivity index (χ0) is 12.7. The van der Waals surface area contributed by atoms with E-state index >= 15 is 0 Å². The number of amides is 1. The Morgan fingerprint density at radius 3 is 2.88 bits per heavy atom. The van der Waals surface area contributed by atoms with Crippen LogP contribution < -0.4 is 5.73 Å². The number of hydrogen-bond donors (Lipinski definition) is 1. The van der Waals surface area contributed by atoms with E-state index in [4.69, 9.17) is 10.5 Å². The second-order valence-corrected chi connectivity index (χ2v) is 4.89. The molecule has 1 rings (SSSR count). The minimum absolute atomic E-state index is 0.0527. The fourth-order valence-corrected chi connectivity index (χ4v) is 2.15. The molecule has 1 fully saturated rings. The Balaban J connectivity index is 2.39. The van der Waals surface area contributed by atoms with Gasteiger partial charge < -0.3 is 15.4 Å². The summed E-state index contributed by atoms with van der Waals surface area (Å²) in [5, 5.41) is 0.